The van der Waals surface area contributed by atoms with Crippen LogP contribution in [0.25, 0.3) is 0 Å². The van der Waals surface area contributed by atoms with Crippen LogP contribution >= 0.6 is 12.4 Å². The van der Waals surface area contributed by atoms with Gasteiger partial charge in [0.2, 0.25) is 0 Å². The third-order valence-electron chi connectivity index (χ3n) is 1.98. The van der Waals surface area contributed by atoms with Crippen molar-refractivity contribution in [3.8, 4) is 0 Å². The molecule has 1 aromatic rings. The first kappa shape index (κ1) is 8.56. The Morgan fingerprint density at radius 2 is 2.45 bits per heavy atom. The van der Waals surface area contributed by atoms with Gasteiger partial charge in [0, 0.05) is 26.6 Å². The second kappa shape index (κ2) is 3.24. The molecule has 0 saturated heterocycles. The fourth-order valence-corrected chi connectivity index (χ4v) is 1.35. The van der Waals surface area contributed by atoms with Crippen LogP contribution in [0.2, 0.25) is 0 Å². The fourth-order valence-electron chi connectivity index (χ4n) is 1.35. The molecule has 1 aliphatic rings. The number of imidazole rings is 1. The van der Waals surface area contributed by atoms with Crippen LogP contribution in [-0.2, 0) is 20.0 Å². The van der Waals surface area contributed by atoms with Crippen LogP contribution in [0.1, 0.15) is 11.4 Å². The first-order valence-electron chi connectivity index (χ1n) is 3.58. The van der Waals surface area contributed by atoms with E-state index in [2.05, 4.69) is 14.9 Å². The van der Waals surface area contributed by atoms with E-state index in [0.717, 1.165) is 19.5 Å². The third kappa shape index (κ3) is 1.39. The second-order valence-electron chi connectivity index (χ2n) is 2.68. The molecule has 2 rings (SSSR count). The van der Waals surface area contributed by atoms with Gasteiger partial charge in [-0.3, -0.25) is 0 Å². The van der Waals surface area contributed by atoms with Crippen LogP contribution in [0.15, 0.2) is 6.33 Å². The van der Waals surface area contributed by atoms with Gasteiger partial charge in [0.1, 0.15) is 0 Å². The molecule has 0 atom stereocenters. The molecule has 0 radical (unpaired) electrons. The number of rotatable bonds is 0. The number of nitrogens with one attached hydrogen (secondary N) is 1. The van der Waals surface area contributed by atoms with Gasteiger partial charge in [0.05, 0.1) is 17.7 Å². The van der Waals surface area contributed by atoms with Gasteiger partial charge >= 0.3 is 0 Å². The summed E-state index contributed by atoms with van der Waals surface area (Å²) in [6.07, 6.45) is 2.97. The quantitative estimate of drug-likeness (QED) is 0.619. The molecule has 1 aliphatic heterocycles. The zero-order valence-corrected chi connectivity index (χ0v) is 7.32. The molecule has 0 saturated carbocycles. The van der Waals surface area contributed by atoms with Crippen molar-refractivity contribution >= 4 is 12.4 Å². The van der Waals surface area contributed by atoms with Gasteiger partial charge in [0.15, 0.2) is 0 Å². The van der Waals surface area contributed by atoms with Crippen LogP contribution in [0.4, 0.5) is 0 Å². The Morgan fingerprint density at radius 3 is 3.18 bits per heavy atom. The van der Waals surface area contributed by atoms with E-state index >= 15 is 0 Å². The lowest BCUT2D eigenvalue weighted by molar-refractivity contribution is 0.606. The molecule has 11 heavy (non-hydrogen) atoms. The van der Waals surface area contributed by atoms with Gasteiger partial charge < -0.3 is 9.88 Å². The largest absolute Gasteiger partial charge is 0.336 e. The summed E-state index contributed by atoms with van der Waals surface area (Å²) < 4.78 is 2.08. The second-order valence-corrected chi connectivity index (χ2v) is 2.68. The van der Waals surface area contributed by atoms with E-state index in [4.69, 9.17) is 0 Å². The summed E-state index contributed by atoms with van der Waals surface area (Å²) >= 11 is 0. The molecule has 62 valence electrons. The summed E-state index contributed by atoms with van der Waals surface area (Å²) in [6, 6.07) is 0. The molecule has 4 heteroatoms. The predicted octanol–water partition coefficient (Wildman–Crippen LogP) is 0.488. The van der Waals surface area contributed by atoms with Crippen LogP contribution in [0.5, 0.6) is 0 Å². The van der Waals surface area contributed by atoms with E-state index in [1.807, 2.05) is 13.4 Å². The maximum Gasteiger partial charge on any atom is 0.0949 e. The van der Waals surface area contributed by atoms with Gasteiger partial charge in [-0.15, -0.1) is 12.4 Å². The Bertz CT molecular complexity index is 244. The van der Waals surface area contributed by atoms with Gasteiger partial charge in [0.25, 0.3) is 0 Å². The monoisotopic (exact) mass is 173 g/mol. The van der Waals surface area contributed by atoms with Crippen molar-refractivity contribution in [3.63, 3.8) is 0 Å². The highest BCUT2D eigenvalue weighted by Crippen LogP contribution is 2.09. The summed E-state index contributed by atoms with van der Waals surface area (Å²) in [5, 5.41) is 3.31. The normalized spacial score (nSPS) is 15.4. The van der Waals surface area contributed by atoms with Gasteiger partial charge in [-0.25, -0.2) is 4.98 Å². The smallest absolute Gasteiger partial charge is 0.0949 e. The summed E-state index contributed by atoms with van der Waals surface area (Å²) in [5.74, 6) is 0. The van der Waals surface area contributed by atoms with Crippen LogP contribution in [0.3, 0.4) is 0 Å². The lowest BCUT2D eigenvalue weighted by Crippen LogP contribution is -2.24. The van der Waals surface area contributed by atoms with Crippen LogP contribution < -0.4 is 5.32 Å². The fraction of sp³-hybridized carbons (Fsp3) is 0.571. The van der Waals surface area contributed by atoms with E-state index in [-0.39, 0.29) is 12.4 Å². The highest BCUT2D eigenvalue weighted by Gasteiger charge is 2.11. The van der Waals surface area contributed by atoms with E-state index in [1.54, 1.807) is 0 Å². The van der Waals surface area contributed by atoms with Crippen molar-refractivity contribution < 1.29 is 0 Å². The van der Waals surface area contributed by atoms with Crippen molar-refractivity contribution in [2.75, 3.05) is 6.54 Å². The first-order chi connectivity index (χ1) is 4.88. The summed E-state index contributed by atoms with van der Waals surface area (Å²) in [7, 11) is 2.04. The molecular formula is C7H12ClN3. The van der Waals surface area contributed by atoms with Gasteiger partial charge in [-0.05, 0) is 0 Å². The minimum absolute atomic E-state index is 0. The highest BCUT2D eigenvalue weighted by molar-refractivity contribution is 5.85. The third-order valence-corrected chi connectivity index (χ3v) is 1.98. The van der Waals surface area contributed by atoms with Crippen molar-refractivity contribution in [2.45, 2.75) is 13.0 Å². The van der Waals surface area contributed by atoms with E-state index in [0.29, 0.717) is 0 Å². The maximum absolute atomic E-state index is 4.28. The first-order valence-corrected chi connectivity index (χ1v) is 3.58. The lowest BCUT2D eigenvalue weighted by Gasteiger charge is -2.12. The van der Waals surface area contributed by atoms with E-state index in [1.165, 1.54) is 11.4 Å². The Hall–Kier alpha value is -0.540. The summed E-state index contributed by atoms with van der Waals surface area (Å²) in [4.78, 5) is 4.28. The van der Waals surface area contributed by atoms with E-state index in [9.17, 15) is 0 Å². The van der Waals surface area contributed by atoms with Crippen molar-refractivity contribution in [1.82, 2.24) is 14.9 Å². The van der Waals surface area contributed by atoms with Crippen LogP contribution in [0, 0.1) is 0 Å². The van der Waals surface area contributed by atoms with Gasteiger partial charge in [-0.1, -0.05) is 0 Å². The molecule has 3 nitrogen and oxygen atoms in total. The number of hydrogen-bond acceptors (Lipinski definition) is 2. The summed E-state index contributed by atoms with van der Waals surface area (Å²) in [5.41, 5.74) is 2.60. The van der Waals surface area contributed by atoms with E-state index < -0.39 is 0 Å². The van der Waals surface area contributed by atoms with Crippen molar-refractivity contribution in [3.05, 3.63) is 17.7 Å². The molecule has 0 amide bonds. The molecule has 0 bridgehead atoms. The van der Waals surface area contributed by atoms with Crippen LogP contribution in [-0.4, -0.2) is 16.1 Å². The number of hydrogen-bond donors (Lipinski definition) is 1. The molecule has 0 unspecified atom stereocenters. The Kier molecular flexibility index (Phi) is 2.52. The number of nitrogens with zero attached hydrogens (tertiary/aromatic N) is 2. The molecule has 1 N–H and O–H groups in total. The minimum Gasteiger partial charge on any atom is -0.336 e. The van der Waals surface area contributed by atoms with Crippen molar-refractivity contribution in [2.24, 2.45) is 7.05 Å². The minimum atomic E-state index is 0. The summed E-state index contributed by atoms with van der Waals surface area (Å²) in [6.45, 7) is 2.05. The Morgan fingerprint density at radius 1 is 1.64 bits per heavy atom. The number of halogens is 1. The number of aromatic nitrogens is 2. The molecule has 0 spiro atoms. The molecule has 0 aliphatic carbocycles. The standard InChI is InChI=1S/C7H11N3.ClH/c1-10-5-9-6-2-3-8-4-7(6)10;/h5,8H,2-4H2,1H3;1H. The highest BCUT2D eigenvalue weighted by atomic mass is 35.5. The van der Waals surface area contributed by atoms with Gasteiger partial charge in [-0.2, -0.15) is 0 Å². The molecule has 0 aromatic carbocycles. The Labute approximate surface area is 72.2 Å². The molecular weight excluding hydrogens is 162 g/mol. The number of fused-ring (bicyclic) bond motifs is 1. The lowest BCUT2D eigenvalue weighted by atomic mass is 10.2. The van der Waals surface area contributed by atoms with Crippen molar-refractivity contribution in [1.29, 1.82) is 0 Å². The topological polar surface area (TPSA) is 29.9 Å². The number of aryl methyl sites for hydroxylation is 1. The molecule has 0 fully saturated rings. The SMILES string of the molecule is Cl.Cn1cnc2c1CNCC2. The average molecular weight is 174 g/mol. The predicted molar refractivity (Wildman–Crippen MR) is 45.9 cm³/mol. The zero-order valence-electron chi connectivity index (χ0n) is 6.50. The maximum atomic E-state index is 4.28. The molecule has 2 heterocycles. The zero-order chi connectivity index (χ0) is 6.97. The Balaban J connectivity index is 0.000000605. The molecule has 1 aromatic heterocycles. The average Bonchev–Trinajstić information content (AvgIpc) is 2.34.